The summed E-state index contributed by atoms with van der Waals surface area (Å²) in [6.45, 7) is 3.12. The Kier molecular flexibility index (Phi) is 36.7. The minimum absolute atomic E-state index is 0.218. The van der Waals surface area contributed by atoms with Crippen LogP contribution in [0.4, 0.5) is 0 Å². The first-order chi connectivity index (χ1) is 31.9. The van der Waals surface area contributed by atoms with Gasteiger partial charge in [0.2, 0.25) is 0 Å². The number of hydrogen-bond donors (Lipinski definition) is 0. The zero-order valence-corrected chi connectivity index (χ0v) is 55.1. The monoisotopic (exact) mass is 844 g/mol. The molecule has 0 aromatic rings. The van der Waals surface area contributed by atoms with Crippen molar-refractivity contribution >= 4 is 489 Å². The average Bonchev–Trinajstić information content (AvgIpc) is 3.14. The molecule has 0 atom stereocenters. The van der Waals surface area contributed by atoms with E-state index in [1.807, 2.05) is 0 Å². The Morgan fingerprint density at radius 3 is 0.500 bits per heavy atom. The van der Waals surface area contributed by atoms with Crippen LogP contribution in [0, 0.1) is 0 Å². The van der Waals surface area contributed by atoms with Crippen molar-refractivity contribution in [3.63, 3.8) is 0 Å². The molecule has 0 bridgehead atoms. The van der Waals surface area contributed by atoms with Crippen LogP contribution in [0.15, 0.2) is 4.81 Å². The summed E-state index contributed by atoms with van der Waals surface area (Å²) in [5.41, 5.74) is 0. The van der Waals surface area contributed by atoms with E-state index >= 15 is 0 Å². The topological polar surface area (TPSA) is 12.4 Å². The Balaban J connectivity index is 10.7. The van der Waals surface area contributed by atoms with Crippen molar-refractivity contribution in [3.8, 4) is 0 Å². The van der Waals surface area contributed by atoms with Gasteiger partial charge in [0.15, 0.2) is 0 Å². The van der Waals surface area contributed by atoms with E-state index in [4.69, 9.17) is 4.81 Å². The van der Waals surface area contributed by atoms with Crippen molar-refractivity contribution in [1.29, 1.82) is 0 Å². The van der Waals surface area contributed by atoms with Gasteiger partial charge in [0.25, 0.3) is 0 Å². The molecule has 0 spiro atoms. The summed E-state index contributed by atoms with van der Waals surface area (Å²) in [5, 5.41) is 0. The minimum atomic E-state index is 0.218. The van der Waals surface area contributed by atoms with Gasteiger partial charge >= 0.3 is 494 Å². The Morgan fingerprint density at radius 1 is 0.171 bits per heavy atom. The fourth-order valence-electron chi connectivity index (χ4n) is 18.7. The van der Waals surface area contributed by atoms with Crippen LogP contribution in [0.2, 0.25) is 0 Å². The summed E-state index contributed by atoms with van der Waals surface area (Å²) in [7, 11) is 90.9. The molecule has 0 heterocycles. The van der Waals surface area contributed by atoms with Gasteiger partial charge in [-0.2, -0.15) is 0 Å². The molecular formula is H70B69N. The molecule has 0 aliphatic heterocycles. The second kappa shape index (κ2) is 34.5. The summed E-state index contributed by atoms with van der Waals surface area (Å²) >= 11 is 0. The maximum atomic E-state index is 6.97. The molecule has 0 amide bonds. The zero-order valence-electron chi connectivity index (χ0n) is 55.1. The van der Waals surface area contributed by atoms with Crippen LogP contribution in [0.3, 0.4) is 0 Å². The number of hydrogen-bond acceptors (Lipinski definition) is 1. The quantitative estimate of drug-likeness (QED) is 0.0584. The summed E-state index contributed by atoms with van der Waals surface area (Å²) in [4.78, 5) is 6.97. The second-order valence-electron chi connectivity index (χ2n) is 30.9. The van der Waals surface area contributed by atoms with Gasteiger partial charge in [-0.15, -0.1) is 0 Å². The van der Waals surface area contributed by atoms with Gasteiger partial charge in [0.05, 0.1) is 0 Å². The summed E-state index contributed by atoms with van der Waals surface area (Å²) in [6, 6.07) is 0. The van der Waals surface area contributed by atoms with Crippen LogP contribution in [0.1, 0.15) is 0 Å². The molecule has 0 radical (unpaired) electrons. The van der Waals surface area contributed by atoms with Gasteiger partial charge in [0, 0.05) is 0 Å². The third-order valence-electron chi connectivity index (χ3n) is 20.1. The predicted octanol–water partition coefficient (Wildman–Crippen LogP) is -44.8. The van der Waals surface area contributed by atoms with Gasteiger partial charge in [-0.05, 0) is 0 Å². The van der Waals surface area contributed by atoms with E-state index in [9.17, 15) is 0 Å². The maximum absolute atomic E-state index is 6.97. The van der Waals surface area contributed by atoms with Gasteiger partial charge in [-0.3, -0.25) is 0 Å². The Morgan fingerprint density at radius 2 is 0.329 bits per heavy atom. The van der Waals surface area contributed by atoms with Gasteiger partial charge in [-0.1, -0.05) is 0 Å². The second-order valence-corrected chi connectivity index (χ2v) is 30.9. The summed E-state index contributed by atoms with van der Waals surface area (Å²) in [6.07, 6.45) is 18.0. The molecule has 0 rings (SSSR count). The molecule has 0 aliphatic carbocycles. The van der Waals surface area contributed by atoms with Crippen LogP contribution in [-0.2, 0) is 0 Å². The van der Waals surface area contributed by atoms with Crippen LogP contribution < -0.4 is 0 Å². The summed E-state index contributed by atoms with van der Waals surface area (Å²) < 4.78 is 0. The van der Waals surface area contributed by atoms with Crippen LogP contribution in [0.5, 0.6) is 0 Å². The van der Waals surface area contributed by atoms with E-state index in [0.717, 1.165) is 0 Å². The molecule has 0 aromatic carbocycles. The van der Waals surface area contributed by atoms with Crippen molar-refractivity contribution in [3.05, 3.63) is 0 Å². The molecule has 1 nitrogen and oxygen atoms in total. The molecule has 282 valence electrons. The first-order valence-electron chi connectivity index (χ1n) is 31.4. The van der Waals surface area contributed by atoms with Gasteiger partial charge < -0.3 is 0 Å². The Bertz CT molecular complexity index is 1200. The van der Waals surface area contributed by atoms with E-state index in [2.05, 4.69) is 278 Å². The predicted molar refractivity (Wildman–Crippen MR) is 497 cm³/mol. The molecule has 70 heteroatoms. The molecule has 0 saturated heterocycles. The molecule has 0 fully saturated rings. The van der Waals surface area contributed by atoms with E-state index in [0.29, 0.717) is 204 Å². The fraction of sp³-hybridized carbons (Fsp3) is 0. The normalized spacial score (nSPS) is 9.83. The van der Waals surface area contributed by atoms with Crippen LogP contribution in [-0.4, -0.2) is 489 Å². The van der Waals surface area contributed by atoms with E-state index in [1.165, 1.54) is 0 Å². The molecule has 70 heavy (non-hydrogen) atoms. The van der Waals surface area contributed by atoms with Crippen LogP contribution >= 0.6 is 0 Å². The molecule has 0 aromatic heterocycles. The van der Waals surface area contributed by atoms with Crippen molar-refractivity contribution in [2.75, 3.05) is 0 Å². The SMILES string of the molecule is BB(B)B(B)B(B(B(B)B)B(B)B)B(B(/N=B/B(B(B(B(B)B)B(B)B)B(B(B)B)B(B)B)B(B(B(B)B)B(B)B)B(B(B)B)B(B)B)B(B(B(B)B)B(B)B)B(B(B)B)B(B)B)B(B(B)B)B(B)B. The Hall–Kier alpha value is 4.28. The first kappa shape index (κ1) is 74.3. The average molecular weight is 831 g/mol. The van der Waals surface area contributed by atoms with Gasteiger partial charge in [0.1, 0.15) is 0 Å². The van der Waals surface area contributed by atoms with Crippen molar-refractivity contribution in [2.45, 2.75) is 0 Å². The van der Waals surface area contributed by atoms with Crippen molar-refractivity contribution < 1.29 is 0 Å². The van der Waals surface area contributed by atoms with Crippen molar-refractivity contribution in [2.24, 2.45) is 4.81 Å². The molecule has 0 unspecified atom stereocenters. The fourth-order valence-corrected chi connectivity index (χ4v) is 18.7. The third-order valence-corrected chi connectivity index (χ3v) is 20.1. The third kappa shape index (κ3) is 20.7. The number of nitrogens with zero attached hydrogens (tertiary/aromatic N) is 1. The standard InChI is InChI=1S/B69H70N/c1-37(2)54(35)64(56(38(3)4)39(5)6)68(63(52(31)32)53(33)34)69(67(61(48(23)24)49(25)26)62(50(27)28)51(29)30)70-36-55(65(57(40(7)8)41(9)10)58(42(11)12)43(13)14)66(59(44(15)16)45(17)18)60(46(19)20)47(21)22/h1-35H2. The number of rotatable bonds is 33. The Labute approximate surface area is 489 Å². The first-order valence-corrected chi connectivity index (χ1v) is 31.4. The van der Waals surface area contributed by atoms with Gasteiger partial charge in [-0.25, -0.2) is 0 Å². The zero-order chi connectivity index (χ0) is 55.5. The van der Waals surface area contributed by atoms with E-state index in [1.54, 1.807) is 0 Å². The van der Waals surface area contributed by atoms with E-state index < -0.39 is 0 Å². The molecule has 0 aliphatic rings. The van der Waals surface area contributed by atoms with Crippen molar-refractivity contribution in [1.82, 2.24) is 0 Å². The van der Waals surface area contributed by atoms with E-state index in [-0.39, 0.29) is 6.63 Å². The van der Waals surface area contributed by atoms with Crippen LogP contribution in [0.25, 0.3) is 0 Å². The molecular weight excluding hydrogens is 760 g/mol. The summed E-state index contributed by atoms with van der Waals surface area (Å²) in [5.74, 6) is 0. The molecule has 0 saturated carbocycles. The molecule has 0 N–H and O–H groups in total.